The van der Waals surface area contributed by atoms with Gasteiger partial charge in [-0.1, -0.05) is 23.7 Å². The van der Waals surface area contributed by atoms with Gasteiger partial charge in [0.25, 0.3) is 5.91 Å². The lowest BCUT2D eigenvalue weighted by atomic mass is 10.2. The average molecular weight is 452 g/mol. The molecule has 0 saturated carbocycles. The Kier molecular flexibility index (Phi) is 6.77. The van der Waals surface area contributed by atoms with Crippen molar-refractivity contribution in [3.63, 3.8) is 0 Å². The monoisotopic (exact) mass is 451 g/mol. The quantitative estimate of drug-likeness (QED) is 0.368. The Hall–Kier alpha value is -3.71. The number of hydrogen-bond donors (Lipinski definition) is 1. The van der Waals surface area contributed by atoms with Gasteiger partial charge in [0, 0.05) is 11.9 Å². The molecule has 1 amide bonds. The summed E-state index contributed by atoms with van der Waals surface area (Å²) in [5, 5.41) is 7.60. The van der Waals surface area contributed by atoms with E-state index in [1.165, 1.54) is 0 Å². The summed E-state index contributed by atoms with van der Waals surface area (Å²) in [7, 11) is 0. The summed E-state index contributed by atoms with van der Waals surface area (Å²) in [6, 6.07) is 18.2. The molecule has 7 nitrogen and oxygen atoms in total. The Bertz CT molecular complexity index is 1180. The SMILES string of the molecule is CCOc1ccc(OCc2ccc(C(=O)Nc3cccc(Cn4cc(Cl)cn4)c3)o2)cc1. The van der Waals surface area contributed by atoms with E-state index in [2.05, 4.69) is 10.4 Å². The highest BCUT2D eigenvalue weighted by Gasteiger charge is 2.12. The molecular weight excluding hydrogens is 430 g/mol. The fourth-order valence-corrected chi connectivity index (χ4v) is 3.24. The molecule has 0 aliphatic rings. The normalized spacial score (nSPS) is 10.7. The number of furan rings is 1. The summed E-state index contributed by atoms with van der Waals surface area (Å²) < 4.78 is 18.5. The van der Waals surface area contributed by atoms with Crippen molar-refractivity contribution in [3.8, 4) is 11.5 Å². The number of nitrogens with one attached hydrogen (secondary N) is 1. The van der Waals surface area contributed by atoms with Gasteiger partial charge in [0.05, 0.1) is 24.4 Å². The molecule has 0 aliphatic carbocycles. The van der Waals surface area contributed by atoms with Crippen LogP contribution in [0.5, 0.6) is 11.5 Å². The lowest BCUT2D eigenvalue weighted by Gasteiger charge is -2.07. The zero-order chi connectivity index (χ0) is 22.3. The number of benzene rings is 2. The predicted molar refractivity (Wildman–Crippen MR) is 121 cm³/mol. The number of hydrogen-bond acceptors (Lipinski definition) is 5. The molecule has 1 N–H and O–H groups in total. The minimum absolute atomic E-state index is 0.208. The maximum Gasteiger partial charge on any atom is 0.291 e. The van der Waals surface area contributed by atoms with E-state index in [9.17, 15) is 4.79 Å². The van der Waals surface area contributed by atoms with E-state index in [1.807, 2.05) is 55.5 Å². The third kappa shape index (κ3) is 5.70. The number of ether oxygens (including phenoxy) is 2. The van der Waals surface area contributed by atoms with Crippen LogP contribution in [0, 0.1) is 0 Å². The van der Waals surface area contributed by atoms with E-state index in [1.54, 1.807) is 29.2 Å². The Morgan fingerprint density at radius 3 is 2.59 bits per heavy atom. The molecular formula is C24H22ClN3O4. The molecule has 2 heterocycles. The van der Waals surface area contributed by atoms with Crippen LogP contribution in [0.4, 0.5) is 5.69 Å². The van der Waals surface area contributed by atoms with Crippen LogP contribution >= 0.6 is 11.6 Å². The van der Waals surface area contributed by atoms with Crippen LogP contribution in [-0.2, 0) is 13.2 Å². The summed E-state index contributed by atoms with van der Waals surface area (Å²) in [5.74, 6) is 1.89. The molecule has 4 aromatic rings. The highest BCUT2D eigenvalue weighted by atomic mass is 35.5. The topological polar surface area (TPSA) is 78.5 Å². The minimum atomic E-state index is -0.336. The molecule has 4 rings (SSSR count). The molecule has 8 heteroatoms. The van der Waals surface area contributed by atoms with Crippen LogP contribution in [0.15, 0.2) is 77.5 Å². The second-order valence-electron chi connectivity index (χ2n) is 6.97. The Morgan fingerprint density at radius 1 is 1.09 bits per heavy atom. The molecule has 2 aromatic carbocycles. The summed E-state index contributed by atoms with van der Waals surface area (Å²) in [5.41, 5.74) is 1.64. The van der Waals surface area contributed by atoms with Crippen LogP contribution in [0.2, 0.25) is 5.02 Å². The number of aromatic nitrogens is 2. The van der Waals surface area contributed by atoms with E-state index in [0.29, 0.717) is 35.4 Å². The Morgan fingerprint density at radius 2 is 1.88 bits per heavy atom. The Labute approximate surface area is 190 Å². The van der Waals surface area contributed by atoms with Crippen LogP contribution < -0.4 is 14.8 Å². The molecule has 2 aromatic heterocycles. The number of halogens is 1. The fourth-order valence-electron chi connectivity index (χ4n) is 3.08. The van der Waals surface area contributed by atoms with E-state index in [4.69, 9.17) is 25.5 Å². The number of nitrogens with zero attached hydrogens (tertiary/aromatic N) is 2. The van der Waals surface area contributed by atoms with E-state index in [0.717, 1.165) is 11.3 Å². The van der Waals surface area contributed by atoms with Crippen LogP contribution in [0.1, 0.15) is 28.8 Å². The lowest BCUT2D eigenvalue weighted by Crippen LogP contribution is -2.11. The maximum atomic E-state index is 12.6. The van der Waals surface area contributed by atoms with Gasteiger partial charge in [-0.3, -0.25) is 9.48 Å². The van der Waals surface area contributed by atoms with Gasteiger partial charge in [0.15, 0.2) is 5.76 Å². The molecule has 0 saturated heterocycles. The Balaban J connectivity index is 1.33. The first-order chi connectivity index (χ1) is 15.6. The molecule has 32 heavy (non-hydrogen) atoms. The summed E-state index contributed by atoms with van der Waals surface area (Å²) in [6.07, 6.45) is 3.33. The third-order valence-corrected chi connectivity index (χ3v) is 4.73. The van der Waals surface area contributed by atoms with Crippen molar-refractivity contribution < 1.29 is 18.7 Å². The van der Waals surface area contributed by atoms with Crippen molar-refractivity contribution >= 4 is 23.2 Å². The molecule has 0 bridgehead atoms. The maximum absolute atomic E-state index is 12.6. The molecule has 0 spiro atoms. The van der Waals surface area contributed by atoms with Gasteiger partial charge in [-0.25, -0.2) is 0 Å². The first-order valence-corrected chi connectivity index (χ1v) is 10.5. The van der Waals surface area contributed by atoms with Crippen molar-refractivity contribution in [2.45, 2.75) is 20.1 Å². The zero-order valence-electron chi connectivity index (χ0n) is 17.5. The molecule has 0 radical (unpaired) electrons. The predicted octanol–water partition coefficient (Wildman–Crippen LogP) is 5.41. The number of rotatable bonds is 9. The van der Waals surface area contributed by atoms with Crippen molar-refractivity contribution in [2.24, 2.45) is 0 Å². The zero-order valence-corrected chi connectivity index (χ0v) is 18.2. The van der Waals surface area contributed by atoms with E-state index < -0.39 is 0 Å². The number of amides is 1. The molecule has 0 atom stereocenters. The number of anilines is 1. The second-order valence-corrected chi connectivity index (χ2v) is 7.41. The minimum Gasteiger partial charge on any atom is -0.494 e. The third-order valence-electron chi connectivity index (χ3n) is 4.53. The van der Waals surface area contributed by atoms with Crippen molar-refractivity contribution in [3.05, 3.63) is 95.2 Å². The highest BCUT2D eigenvalue weighted by molar-refractivity contribution is 6.30. The van der Waals surface area contributed by atoms with Gasteiger partial charge in [-0.15, -0.1) is 0 Å². The molecule has 0 aliphatic heterocycles. The largest absolute Gasteiger partial charge is 0.494 e. The highest BCUT2D eigenvalue weighted by Crippen LogP contribution is 2.20. The summed E-state index contributed by atoms with van der Waals surface area (Å²) in [4.78, 5) is 12.6. The van der Waals surface area contributed by atoms with Gasteiger partial charge in [-0.05, 0) is 61.0 Å². The van der Waals surface area contributed by atoms with Crippen molar-refractivity contribution in [1.82, 2.24) is 9.78 Å². The van der Waals surface area contributed by atoms with Crippen molar-refractivity contribution in [2.75, 3.05) is 11.9 Å². The van der Waals surface area contributed by atoms with Crippen LogP contribution in [-0.4, -0.2) is 22.3 Å². The van der Waals surface area contributed by atoms with E-state index >= 15 is 0 Å². The first kappa shape index (κ1) is 21.5. The molecule has 0 fully saturated rings. The second kappa shape index (κ2) is 10.1. The van der Waals surface area contributed by atoms with Gasteiger partial charge < -0.3 is 19.2 Å². The van der Waals surface area contributed by atoms with Gasteiger partial charge in [0.1, 0.15) is 23.9 Å². The fraction of sp³-hybridized carbons (Fsp3) is 0.167. The van der Waals surface area contributed by atoms with Crippen LogP contribution in [0.25, 0.3) is 0 Å². The molecule has 164 valence electrons. The lowest BCUT2D eigenvalue weighted by molar-refractivity contribution is 0.0992. The standard InChI is InChI=1S/C24H22ClN3O4/c1-2-30-20-6-8-21(9-7-20)31-16-22-10-11-23(32-22)24(29)27-19-5-3-4-17(12-19)14-28-15-18(25)13-26-28/h3-13,15H,2,14,16H2,1H3,(H,27,29). The van der Waals surface area contributed by atoms with Crippen LogP contribution in [0.3, 0.4) is 0 Å². The number of carbonyl (C=O) groups is 1. The first-order valence-electron chi connectivity index (χ1n) is 10.1. The van der Waals surface area contributed by atoms with Gasteiger partial charge in [0.2, 0.25) is 0 Å². The van der Waals surface area contributed by atoms with Gasteiger partial charge >= 0.3 is 0 Å². The average Bonchev–Trinajstić information content (AvgIpc) is 3.43. The van der Waals surface area contributed by atoms with Crippen molar-refractivity contribution in [1.29, 1.82) is 0 Å². The smallest absolute Gasteiger partial charge is 0.291 e. The number of carbonyl (C=O) groups excluding carboxylic acids is 1. The van der Waals surface area contributed by atoms with E-state index in [-0.39, 0.29) is 18.3 Å². The van der Waals surface area contributed by atoms with Gasteiger partial charge in [-0.2, -0.15) is 5.10 Å². The summed E-state index contributed by atoms with van der Waals surface area (Å²) >= 11 is 5.91. The summed E-state index contributed by atoms with van der Waals surface area (Å²) in [6.45, 7) is 3.30. The molecule has 0 unspecified atom stereocenters.